The third-order valence-electron chi connectivity index (χ3n) is 3.01. The first-order valence-corrected chi connectivity index (χ1v) is 6.62. The summed E-state index contributed by atoms with van der Waals surface area (Å²) in [5.41, 5.74) is 5.32. The molecule has 0 aliphatic rings. The monoisotopic (exact) mass is 225 g/mol. The van der Waals surface area contributed by atoms with Crippen molar-refractivity contribution in [2.24, 2.45) is 11.7 Å². The molecule has 1 amide bonds. The number of amides is 1. The Morgan fingerprint density at radius 3 is 2.25 bits per heavy atom. The minimum Gasteiger partial charge on any atom is -0.369 e. The van der Waals surface area contributed by atoms with Crippen molar-refractivity contribution < 1.29 is 4.79 Å². The molecule has 0 heterocycles. The quantitative estimate of drug-likeness (QED) is 0.422. The highest BCUT2D eigenvalue weighted by Crippen LogP contribution is 2.15. The lowest BCUT2D eigenvalue weighted by Crippen LogP contribution is -2.22. The van der Waals surface area contributed by atoms with E-state index in [0.29, 0.717) is 0 Å². The van der Waals surface area contributed by atoms with Gasteiger partial charge in [-0.2, -0.15) is 0 Å². The first kappa shape index (κ1) is 15.2. The smallest absolute Gasteiger partial charge is 0.220 e. The lowest BCUT2D eigenvalue weighted by atomic mass is 9.96. The Labute approximate surface area is 100 Å². The number of nitrogens with two attached hydrogens (primary N) is 1. The molecule has 0 spiro atoms. The number of hydrogen-bond donors (Lipinski definition) is 1. The summed E-state index contributed by atoms with van der Waals surface area (Å²) in [6.45, 7) is 5.88. The molecule has 0 aliphatic carbocycles. The van der Waals surface area contributed by atoms with Gasteiger partial charge >= 0.3 is 0 Å². The van der Waals surface area contributed by atoms with Crippen LogP contribution in [-0.4, -0.2) is 5.91 Å². The van der Waals surface area contributed by atoms with Crippen LogP contribution in [0, 0.1) is 5.92 Å². The summed E-state index contributed by atoms with van der Waals surface area (Å²) in [6.07, 6.45) is 12.4. The van der Waals surface area contributed by atoms with E-state index in [2.05, 4.69) is 13.5 Å². The van der Waals surface area contributed by atoms with Gasteiger partial charge in [-0.3, -0.25) is 4.79 Å². The number of hydrogen-bond acceptors (Lipinski definition) is 1. The van der Waals surface area contributed by atoms with Crippen LogP contribution in [0.3, 0.4) is 0 Å². The maximum atomic E-state index is 11.1. The zero-order valence-electron chi connectivity index (χ0n) is 10.7. The van der Waals surface area contributed by atoms with Crippen molar-refractivity contribution in [3.8, 4) is 0 Å². The molecule has 1 unspecified atom stereocenters. The lowest BCUT2D eigenvalue weighted by Gasteiger charge is -2.10. The molecule has 16 heavy (non-hydrogen) atoms. The van der Waals surface area contributed by atoms with Gasteiger partial charge in [-0.05, 0) is 12.8 Å². The van der Waals surface area contributed by atoms with E-state index in [9.17, 15) is 4.79 Å². The summed E-state index contributed by atoms with van der Waals surface area (Å²) in [7, 11) is 0. The topological polar surface area (TPSA) is 43.1 Å². The summed E-state index contributed by atoms with van der Waals surface area (Å²) in [4.78, 5) is 11.1. The maximum absolute atomic E-state index is 11.1. The van der Waals surface area contributed by atoms with Crippen molar-refractivity contribution in [1.82, 2.24) is 0 Å². The zero-order chi connectivity index (χ0) is 12.2. The molecule has 0 saturated heterocycles. The first-order chi connectivity index (χ1) is 7.72. The Morgan fingerprint density at radius 2 is 1.75 bits per heavy atom. The summed E-state index contributed by atoms with van der Waals surface area (Å²) in [5, 5.41) is 0. The molecule has 1 atom stereocenters. The number of rotatable bonds is 11. The molecular weight excluding hydrogens is 198 g/mol. The highest BCUT2D eigenvalue weighted by Gasteiger charge is 2.12. The van der Waals surface area contributed by atoms with Gasteiger partial charge in [0.05, 0.1) is 0 Å². The number of allylic oxidation sites excluding steroid dienone is 1. The average molecular weight is 225 g/mol. The van der Waals surface area contributed by atoms with Gasteiger partial charge in [0.15, 0.2) is 0 Å². The molecule has 2 N–H and O–H groups in total. The fourth-order valence-electron chi connectivity index (χ4n) is 1.93. The van der Waals surface area contributed by atoms with Gasteiger partial charge in [0.1, 0.15) is 0 Å². The second-order valence-electron chi connectivity index (χ2n) is 4.53. The normalized spacial score (nSPS) is 12.3. The van der Waals surface area contributed by atoms with E-state index in [1.54, 1.807) is 6.08 Å². The number of primary amides is 1. The molecule has 0 bridgehead atoms. The van der Waals surface area contributed by atoms with Crippen LogP contribution in [0.25, 0.3) is 0 Å². The number of unbranched alkanes of at least 4 members (excludes halogenated alkanes) is 6. The van der Waals surface area contributed by atoms with Crippen LogP contribution < -0.4 is 5.73 Å². The van der Waals surface area contributed by atoms with E-state index in [1.165, 1.54) is 38.5 Å². The second-order valence-corrected chi connectivity index (χ2v) is 4.53. The highest BCUT2D eigenvalue weighted by atomic mass is 16.1. The molecular formula is C14H27NO. The predicted molar refractivity (Wildman–Crippen MR) is 70.1 cm³/mol. The summed E-state index contributed by atoms with van der Waals surface area (Å²) >= 11 is 0. The molecule has 0 aromatic heterocycles. The van der Waals surface area contributed by atoms with Crippen LogP contribution in [0.5, 0.6) is 0 Å². The van der Waals surface area contributed by atoms with E-state index in [1.807, 2.05) is 0 Å². The van der Waals surface area contributed by atoms with Crippen molar-refractivity contribution in [2.75, 3.05) is 0 Å². The van der Waals surface area contributed by atoms with E-state index in [-0.39, 0.29) is 11.8 Å². The average Bonchev–Trinajstić information content (AvgIpc) is 2.26. The van der Waals surface area contributed by atoms with Crippen LogP contribution >= 0.6 is 0 Å². The first-order valence-electron chi connectivity index (χ1n) is 6.62. The van der Waals surface area contributed by atoms with Crippen molar-refractivity contribution in [2.45, 2.75) is 64.7 Å². The molecule has 0 aromatic carbocycles. The van der Waals surface area contributed by atoms with Crippen LogP contribution in [-0.2, 0) is 4.79 Å². The van der Waals surface area contributed by atoms with Crippen molar-refractivity contribution in [1.29, 1.82) is 0 Å². The number of carbonyl (C=O) groups excluding carboxylic acids is 1. The van der Waals surface area contributed by atoms with Gasteiger partial charge in [-0.15, -0.1) is 6.58 Å². The number of carbonyl (C=O) groups is 1. The Kier molecular flexibility index (Phi) is 10.2. The summed E-state index contributed by atoms with van der Waals surface area (Å²) in [5.74, 6) is -0.168. The van der Waals surface area contributed by atoms with Crippen LogP contribution in [0.4, 0.5) is 0 Å². The zero-order valence-corrected chi connectivity index (χ0v) is 10.7. The fraction of sp³-hybridized carbons (Fsp3) is 0.786. The van der Waals surface area contributed by atoms with Gasteiger partial charge in [-0.25, -0.2) is 0 Å². The largest absolute Gasteiger partial charge is 0.369 e. The van der Waals surface area contributed by atoms with Gasteiger partial charge in [-0.1, -0.05) is 57.9 Å². The third kappa shape index (κ3) is 8.51. The van der Waals surface area contributed by atoms with E-state index in [4.69, 9.17) is 5.73 Å². The van der Waals surface area contributed by atoms with Crippen LogP contribution in [0.1, 0.15) is 64.7 Å². The Morgan fingerprint density at radius 1 is 1.19 bits per heavy atom. The molecule has 2 heteroatoms. The van der Waals surface area contributed by atoms with Gasteiger partial charge in [0.25, 0.3) is 0 Å². The highest BCUT2D eigenvalue weighted by molar-refractivity contribution is 5.76. The SMILES string of the molecule is C=CCC(CCCCCCCCC)C(N)=O. The Hall–Kier alpha value is -0.790. The Bertz CT molecular complexity index is 189. The fourth-order valence-corrected chi connectivity index (χ4v) is 1.93. The minimum atomic E-state index is -0.175. The van der Waals surface area contributed by atoms with Gasteiger partial charge < -0.3 is 5.73 Å². The summed E-state index contributed by atoms with van der Waals surface area (Å²) < 4.78 is 0. The van der Waals surface area contributed by atoms with E-state index in [0.717, 1.165) is 19.3 Å². The summed E-state index contributed by atoms with van der Waals surface area (Å²) in [6, 6.07) is 0. The molecule has 0 aliphatic heterocycles. The third-order valence-corrected chi connectivity index (χ3v) is 3.01. The molecule has 0 fully saturated rings. The van der Waals surface area contributed by atoms with Crippen molar-refractivity contribution >= 4 is 5.91 Å². The molecule has 0 saturated carbocycles. The minimum absolute atomic E-state index is 0.00754. The van der Waals surface area contributed by atoms with Crippen molar-refractivity contribution in [3.05, 3.63) is 12.7 Å². The Balaban J connectivity index is 3.40. The van der Waals surface area contributed by atoms with Crippen LogP contribution in [0.15, 0.2) is 12.7 Å². The second kappa shape index (κ2) is 10.7. The molecule has 0 aromatic rings. The van der Waals surface area contributed by atoms with E-state index >= 15 is 0 Å². The lowest BCUT2D eigenvalue weighted by molar-refractivity contribution is -0.121. The van der Waals surface area contributed by atoms with Gasteiger partial charge in [0, 0.05) is 5.92 Å². The standard InChI is InChI=1S/C14H27NO/c1-3-5-6-7-8-9-10-12-13(11-4-2)14(15)16/h4,13H,2-3,5-12H2,1H3,(H2,15,16). The molecule has 0 radical (unpaired) electrons. The molecule has 94 valence electrons. The molecule has 0 rings (SSSR count). The predicted octanol–water partition coefficient (Wildman–Crippen LogP) is 3.80. The maximum Gasteiger partial charge on any atom is 0.220 e. The van der Waals surface area contributed by atoms with Crippen LogP contribution in [0.2, 0.25) is 0 Å². The van der Waals surface area contributed by atoms with Crippen molar-refractivity contribution in [3.63, 3.8) is 0 Å². The van der Waals surface area contributed by atoms with Gasteiger partial charge in [0.2, 0.25) is 5.91 Å². The molecule has 2 nitrogen and oxygen atoms in total. The van der Waals surface area contributed by atoms with E-state index < -0.39 is 0 Å².